The largest absolute Gasteiger partial charge is 0.496 e. The number of nitrogens with one attached hydrogen (secondary N) is 1. The number of hydrogen-bond acceptors (Lipinski definition) is 2. The summed E-state index contributed by atoms with van der Waals surface area (Å²) in [5.41, 5.74) is 1.16. The van der Waals surface area contributed by atoms with Gasteiger partial charge >= 0.3 is 0 Å². The standard InChI is InChI=1S/C15H12INOS/c1-18-13-4-2-3-5-14(13)19-15-9-17-12-7-6-10(16)8-11(12)15/h2-9,17H,1H3. The van der Waals surface area contributed by atoms with Crippen molar-refractivity contribution in [3.05, 3.63) is 52.2 Å². The smallest absolute Gasteiger partial charge is 0.132 e. The van der Waals surface area contributed by atoms with E-state index in [0.29, 0.717) is 0 Å². The molecule has 19 heavy (non-hydrogen) atoms. The van der Waals surface area contributed by atoms with Crippen molar-refractivity contribution >= 4 is 45.3 Å². The van der Waals surface area contributed by atoms with E-state index >= 15 is 0 Å². The molecule has 0 fully saturated rings. The predicted octanol–water partition coefficient (Wildman–Crippen LogP) is 4.93. The molecule has 96 valence electrons. The van der Waals surface area contributed by atoms with E-state index < -0.39 is 0 Å². The number of ether oxygens (including phenoxy) is 1. The van der Waals surface area contributed by atoms with Crippen LogP contribution in [0.3, 0.4) is 0 Å². The Morgan fingerprint density at radius 3 is 2.79 bits per heavy atom. The summed E-state index contributed by atoms with van der Waals surface area (Å²) in [7, 11) is 1.71. The fourth-order valence-electron chi connectivity index (χ4n) is 1.97. The Morgan fingerprint density at radius 2 is 1.95 bits per heavy atom. The van der Waals surface area contributed by atoms with E-state index in [9.17, 15) is 0 Å². The highest BCUT2D eigenvalue weighted by Gasteiger charge is 2.09. The summed E-state index contributed by atoms with van der Waals surface area (Å²) in [5, 5.41) is 1.25. The van der Waals surface area contributed by atoms with Gasteiger partial charge < -0.3 is 9.72 Å². The number of para-hydroxylation sites is 1. The summed E-state index contributed by atoms with van der Waals surface area (Å²) in [6, 6.07) is 14.5. The molecule has 0 unspecified atom stereocenters. The molecular formula is C15H12INOS. The molecule has 2 aromatic carbocycles. The Morgan fingerprint density at radius 1 is 1.11 bits per heavy atom. The van der Waals surface area contributed by atoms with Crippen LogP contribution < -0.4 is 4.74 Å². The highest BCUT2D eigenvalue weighted by atomic mass is 127. The van der Waals surface area contributed by atoms with Crippen LogP contribution in [-0.4, -0.2) is 12.1 Å². The maximum Gasteiger partial charge on any atom is 0.132 e. The summed E-state index contributed by atoms with van der Waals surface area (Å²) < 4.78 is 6.64. The van der Waals surface area contributed by atoms with Gasteiger partial charge in [-0.2, -0.15) is 0 Å². The van der Waals surface area contributed by atoms with Gasteiger partial charge in [0.2, 0.25) is 0 Å². The number of aromatic nitrogens is 1. The van der Waals surface area contributed by atoms with Gasteiger partial charge in [0.25, 0.3) is 0 Å². The molecule has 1 N–H and O–H groups in total. The van der Waals surface area contributed by atoms with Gasteiger partial charge in [0.05, 0.1) is 12.0 Å². The lowest BCUT2D eigenvalue weighted by Crippen LogP contribution is -1.84. The van der Waals surface area contributed by atoms with E-state index in [1.807, 2.05) is 18.2 Å². The molecule has 1 heterocycles. The highest BCUT2D eigenvalue weighted by Crippen LogP contribution is 2.38. The second-order valence-corrected chi connectivity index (χ2v) is 6.43. The highest BCUT2D eigenvalue weighted by molar-refractivity contribution is 14.1. The number of fused-ring (bicyclic) bond motifs is 1. The van der Waals surface area contributed by atoms with Crippen LogP contribution in [0.25, 0.3) is 10.9 Å². The lowest BCUT2D eigenvalue weighted by atomic mass is 10.2. The van der Waals surface area contributed by atoms with Gasteiger partial charge in [-0.25, -0.2) is 0 Å². The van der Waals surface area contributed by atoms with Crippen molar-refractivity contribution in [2.75, 3.05) is 7.11 Å². The fourth-order valence-corrected chi connectivity index (χ4v) is 3.50. The van der Waals surface area contributed by atoms with Crippen LogP contribution in [0.1, 0.15) is 0 Å². The first-order valence-corrected chi connectivity index (χ1v) is 7.75. The average molecular weight is 381 g/mol. The first kappa shape index (κ1) is 12.9. The zero-order chi connectivity index (χ0) is 13.2. The molecule has 0 saturated carbocycles. The number of rotatable bonds is 3. The normalized spacial score (nSPS) is 10.8. The molecule has 0 aliphatic rings. The van der Waals surface area contributed by atoms with Gasteiger partial charge in [-0.15, -0.1) is 0 Å². The maximum absolute atomic E-state index is 5.40. The summed E-state index contributed by atoms with van der Waals surface area (Å²) in [6.07, 6.45) is 2.05. The van der Waals surface area contributed by atoms with Crippen molar-refractivity contribution in [2.24, 2.45) is 0 Å². The van der Waals surface area contributed by atoms with Crippen LogP contribution in [0, 0.1) is 3.57 Å². The first-order valence-electron chi connectivity index (χ1n) is 5.85. The van der Waals surface area contributed by atoms with E-state index in [1.165, 1.54) is 13.9 Å². The molecule has 0 atom stereocenters. The Balaban J connectivity index is 2.03. The van der Waals surface area contributed by atoms with Crippen molar-refractivity contribution < 1.29 is 4.74 Å². The van der Waals surface area contributed by atoms with Crippen LogP contribution in [0.4, 0.5) is 0 Å². The third kappa shape index (κ3) is 2.60. The van der Waals surface area contributed by atoms with E-state index in [1.54, 1.807) is 18.9 Å². The van der Waals surface area contributed by atoms with Crippen molar-refractivity contribution in [1.29, 1.82) is 0 Å². The number of methoxy groups -OCH3 is 1. The fraction of sp³-hybridized carbons (Fsp3) is 0.0667. The number of H-pyrrole nitrogens is 1. The van der Waals surface area contributed by atoms with Crippen molar-refractivity contribution in [1.82, 2.24) is 4.98 Å². The Labute approximate surface area is 129 Å². The second kappa shape index (κ2) is 5.46. The summed E-state index contributed by atoms with van der Waals surface area (Å²) in [5.74, 6) is 0.910. The molecule has 0 saturated heterocycles. The molecule has 0 radical (unpaired) electrons. The zero-order valence-electron chi connectivity index (χ0n) is 10.3. The molecule has 0 aliphatic carbocycles. The number of benzene rings is 2. The lowest BCUT2D eigenvalue weighted by molar-refractivity contribution is 0.405. The van der Waals surface area contributed by atoms with E-state index in [0.717, 1.165) is 16.2 Å². The Bertz CT molecular complexity index is 723. The molecule has 1 aromatic heterocycles. The zero-order valence-corrected chi connectivity index (χ0v) is 13.3. The SMILES string of the molecule is COc1ccccc1Sc1c[nH]c2ccc(I)cc12. The minimum atomic E-state index is 0.910. The predicted molar refractivity (Wildman–Crippen MR) is 88.1 cm³/mol. The van der Waals surface area contributed by atoms with E-state index in [2.05, 4.69) is 58.0 Å². The van der Waals surface area contributed by atoms with Crippen LogP contribution in [0.15, 0.2) is 58.5 Å². The topological polar surface area (TPSA) is 25.0 Å². The third-order valence-electron chi connectivity index (χ3n) is 2.89. The Kier molecular flexibility index (Phi) is 3.70. The molecule has 0 bridgehead atoms. The molecule has 3 aromatic rings. The minimum absolute atomic E-state index is 0.910. The molecular weight excluding hydrogens is 369 g/mol. The summed E-state index contributed by atoms with van der Waals surface area (Å²) >= 11 is 4.06. The minimum Gasteiger partial charge on any atom is -0.496 e. The first-order chi connectivity index (χ1) is 9.28. The Hall–Kier alpha value is -1.14. The second-order valence-electron chi connectivity index (χ2n) is 4.10. The van der Waals surface area contributed by atoms with Crippen LogP contribution in [-0.2, 0) is 0 Å². The monoisotopic (exact) mass is 381 g/mol. The van der Waals surface area contributed by atoms with E-state index in [4.69, 9.17) is 4.74 Å². The van der Waals surface area contributed by atoms with Gasteiger partial charge in [-0.05, 0) is 52.9 Å². The van der Waals surface area contributed by atoms with Crippen LogP contribution in [0.2, 0.25) is 0 Å². The van der Waals surface area contributed by atoms with Gasteiger partial charge in [-0.1, -0.05) is 23.9 Å². The number of halogens is 1. The molecule has 0 spiro atoms. The maximum atomic E-state index is 5.40. The van der Waals surface area contributed by atoms with Crippen molar-refractivity contribution in [3.63, 3.8) is 0 Å². The number of aromatic amines is 1. The molecule has 0 amide bonds. The van der Waals surface area contributed by atoms with Crippen molar-refractivity contribution in [2.45, 2.75) is 9.79 Å². The average Bonchev–Trinajstić information content (AvgIpc) is 2.82. The van der Waals surface area contributed by atoms with Crippen LogP contribution >= 0.6 is 34.4 Å². The molecule has 4 heteroatoms. The third-order valence-corrected chi connectivity index (χ3v) is 4.68. The van der Waals surface area contributed by atoms with Gasteiger partial charge in [0.1, 0.15) is 5.75 Å². The van der Waals surface area contributed by atoms with Gasteiger partial charge in [0, 0.05) is 25.6 Å². The summed E-state index contributed by atoms with van der Waals surface area (Å²) in [6.45, 7) is 0. The molecule has 0 aliphatic heterocycles. The number of hydrogen-bond donors (Lipinski definition) is 1. The van der Waals surface area contributed by atoms with Gasteiger partial charge in [0.15, 0.2) is 0 Å². The van der Waals surface area contributed by atoms with Gasteiger partial charge in [-0.3, -0.25) is 0 Å². The lowest BCUT2D eigenvalue weighted by Gasteiger charge is -2.06. The van der Waals surface area contributed by atoms with Crippen LogP contribution in [0.5, 0.6) is 5.75 Å². The molecule has 2 nitrogen and oxygen atoms in total. The molecule has 3 rings (SSSR count). The van der Waals surface area contributed by atoms with E-state index in [-0.39, 0.29) is 0 Å². The van der Waals surface area contributed by atoms with Crippen molar-refractivity contribution in [3.8, 4) is 5.75 Å². The quantitative estimate of drug-likeness (QED) is 0.651. The summed E-state index contributed by atoms with van der Waals surface area (Å²) in [4.78, 5) is 5.66.